The molecule has 3 aromatic carbocycles. The molecule has 0 spiro atoms. The normalized spacial score (nSPS) is 10.6. The van der Waals surface area contributed by atoms with Crippen molar-refractivity contribution in [2.75, 3.05) is 12.6 Å². The highest BCUT2D eigenvalue weighted by atomic mass is 16.7. The first kappa shape index (κ1) is 20.3. The standard InChI is InChI=1S/C21H17N3O6/c1-29-19-5-3-2-4-17(19)21(28)30-24-14-8-6-13(7-9-14)22-23-20(27)16-11-10-15(25)12-18(16)26/h2-12,24-26H,1H3. The van der Waals surface area contributed by atoms with Crippen molar-refractivity contribution in [3.8, 4) is 17.2 Å². The van der Waals surface area contributed by atoms with Crippen LogP contribution in [0.2, 0.25) is 0 Å². The highest BCUT2D eigenvalue weighted by molar-refractivity contribution is 5.97. The quantitative estimate of drug-likeness (QED) is 0.412. The van der Waals surface area contributed by atoms with E-state index < -0.39 is 17.6 Å². The smallest absolute Gasteiger partial charge is 0.366 e. The van der Waals surface area contributed by atoms with Crippen LogP contribution in [0.4, 0.5) is 11.4 Å². The highest BCUT2D eigenvalue weighted by Crippen LogP contribution is 2.24. The van der Waals surface area contributed by atoms with Gasteiger partial charge in [0.05, 0.1) is 24.0 Å². The molecule has 0 unspecified atom stereocenters. The second-order valence-corrected chi connectivity index (χ2v) is 5.95. The Kier molecular flexibility index (Phi) is 6.23. The van der Waals surface area contributed by atoms with Gasteiger partial charge in [0, 0.05) is 6.07 Å². The van der Waals surface area contributed by atoms with Crippen LogP contribution in [0.25, 0.3) is 0 Å². The summed E-state index contributed by atoms with van der Waals surface area (Å²) in [6, 6.07) is 16.4. The predicted molar refractivity (Wildman–Crippen MR) is 107 cm³/mol. The Morgan fingerprint density at radius 2 is 1.67 bits per heavy atom. The van der Waals surface area contributed by atoms with E-state index in [-0.39, 0.29) is 16.9 Å². The number of nitrogens with zero attached hydrogens (tertiary/aromatic N) is 2. The van der Waals surface area contributed by atoms with E-state index in [0.29, 0.717) is 17.1 Å². The Morgan fingerprint density at radius 1 is 0.933 bits per heavy atom. The molecule has 0 bridgehead atoms. The van der Waals surface area contributed by atoms with Crippen molar-refractivity contribution >= 4 is 23.3 Å². The minimum atomic E-state index is -0.763. The van der Waals surface area contributed by atoms with Crippen LogP contribution in [0.5, 0.6) is 17.2 Å². The van der Waals surface area contributed by atoms with Gasteiger partial charge in [-0.1, -0.05) is 12.1 Å². The van der Waals surface area contributed by atoms with Gasteiger partial charge >= 0.3 is 5.97 Å². The van der Waals surface area contributed by atoms with E-state index in [4.69, 9.17) is 9.57 Å². The van der Waals surface area contributed by atoms with E-state index in [2.05, 4.69) is 15.7 Å². The number of carbonyl (C=O) groups is 2. The summed E-state index contributed by atoms with van der Waals surface area (Å²) in [5.41, 5.74) is 3.55. The minimum Gasteiger partial charge on any atom is -0.508 e. The second-order valence-electron chi connectivity index (χ2n) is 5.95. The number of anilines is 1. The first-order valence-electron chi connectivity index (χ1n) is 8.66. The molecule has 3 N–H and O–H groups in total. The maximum absolute atomic E-state index is 12.2. The van der Waals surface area contributed by atoms with Crippen LogP contribution < -0.4 is 10.2 Å². The maximum atomic E-state index is 12.2. The summed E-state index contributed by atoms with van der Waals surface area (Å²) in [6.07, 6.45) is 0. The number of ether oxygens (including phenoxy) is 1. The van der Waals surface area contributed by atoms with E-state index >= 15 is 0 Å². The van der Waals surface area contributed by atoms with Gasteiger partial charge in [0.2, 0.25) is 0 Å². The number of hydrogen-bond acceptors (Lipinski definition) is 8. The summed E-state index contributed by atoms with van der Waals surface area (Å²) < 4.78 is 5.12. The average Bonchev–Trinajstić information content (AvgIpc) is 2.76. The zero-order valence-corrected chi connectivity index (χ0v) is 15.8. The van der Waals surface area contributed by atoms with Gasteiger partial charge in [-0.05, 0) is 48.5 Å². The molecule has 152 valence electrons. The molecule has 1 amide bonds. The third kappa shape index (κ3) is 4.90. The lowest BCUT2D eigenvalue weighted by Gasteiger charge is -2.09. The van der Waals surface area contributed by atoms with Crippen molar-refractivity contribution in [1.29, 1.82) is 0 Å². The molecule has 0 aliphatic heterocycles. The topological polar surface area (TPSA) is 130 Å². The fourth-order valence-corrected chi connectivity index (χ4v) is 2.43. The number of methoxy groups -OCH3 is 1. The SMILES string of the molecule is COc1ccccc1C(=O)ONc1ccc(N=NC(=O)c2ccc(O)cc2O)cc1. The number of aromatic hydroxyl groups is 2. The van der Waals surface area contributed by atoms with Crippen molar-refractivity contribution in [2.24, 2.45) is 10.2 Å². The molecule has 0 atom stereocenters. The number of amides is 1. The van der Waals surface area contributed by atoms with Gasteiger partial charge in [-0.25, -0.2) is 10.3 Å². The summed E-state index contributed by atoms with van der Waals surface area (Å²) in [6.45, 7) is 0. The molecule has 0 heterocycles. The molecule has 0 aromatic heterocycles. The zero-order chi connectivity index (χ0) is 21.5. The van der Waals surface area contributed by atoms with Crippen molar-refractivity contribution in [1.82, 2.24) is 0 Å². The zero-order valence-electron chi connectivity index (χ0n) is 15.8. The molecular formula is C21H17N3O6. The average molecular weight is 407 g/mol. The van der Waals surface area contributed by atoms with E-state index in [1.54, 1.807) is 48.5 Å². The number of hydrogen-bond donors (Lipinski definition) is 3. The molecule has 0 saturated carbocycles. The summed E-state index contributed by atoms with van der Waals surface area (Å²) in [5, 5.41) is 26.3. The number of phenols is 2. The van der Waals surface area contributed by atoms with Gasteiger partial charge in [0.15, 0.2) is 0 Å². The molecule has 9 nitrogen and oxygen atoms in total. The van der Waals surface area contributed by atoms with Crippen LogP contribution in [0.3, 0.4) is 0 Å². The van der Waals surface area contributed by atoms with Crippen molar-refractivity contribution < 1.29 is 29.4 Å². The molecule has 0 aliphatic rings. The van der Waals surface area contributed by atoms with Gasteiger partial charge in [-0.3, -0.25) is 4.79 Å². The Hall–Kier alpha value is -4.40. The van der Waals surface area contributed by atoms with Gasteiger partial charge in [0.25, 0.3) is 5.91 Å². The van der Waals surface area contributed by atoms with E-state index in [9.17, 15) is 19.8 Å². The molecular weight excluding hydrogens is 390 g/mol. The lowest BCUT2D eigenvalue weighted by atomic mass is 10.2. The molecule has 0 aliphatic carbocycles. The van der Waals surface area contributed by atoms with E-state index in [0.717, 1.165) is 6.07 Å². The molecule has 0 saturated heterocycles. The monoisotopic (exact) mass is 407 g/mol. The largest absolute Gasteiger partial charge is 0.508 e. The lowest BCUT2D eigenvalue weighted by Crippen LogP contribution is -2.11. The van der Waals surface area contributed by atoms with Gasteiger partial charge in [-0.15, -0.1) is 10.2 Å². The lowest BCUT2D eigenvalue weighted by molar-refractivity contribution is 0.0592. The van der Waals surface area contributed by atoms with E-state index in [1.165, 1.54) is 19.2 Å². The number of azo groups is 1. The Morgan fingerprint density at radius 3 is 2.37 bits per heavy atom. The Balaban J connectivity index is 1.60. The third-order valence-electron chi connectivity index (χ3n) is 3.92. The summed E-state index contributed by atoms with van der Waals surface area (Å²) >= 11 is 0. The van der Waals surface area contributed by atoms with Crippen LogP contribution >= 0.6 is 0 Å². The number of nitrogens with one attached hydrogen (secondary N) is 1. The maximum Gasteiger partial charge on any atom is 0.366 e. The first-order valence-corrected chi connectivity index (χ1v) is 8.66. The van der Waals surface area contributed by atoms with E-state index in [1.807, 2.05) is 0 Å². The van der Waals surface area contributed by atoms with Crippen LogP contribution in [0, 0.1) is 0 Å². The number of para-hydroxylation sites is 1. The number of phenolic OH excluding ortho intramolecular Hbond substituents is 2. The number of rotatable bonds is 6. The molecule has 3 rings (SSSR count). The predicted octanol–water partition coefficient (Wildman–Crippen LogP) is 4.21. The van der Waals surface area contributed by atoms with Gasteiger partial charge in [-0.2, -0.15) is 0 Å². The summed E-state index contributed by atoms with van der Waals surface area (Å²) in [4.78, 5) is 29.2. The molecule has 30 heavy (non-hydrogen) atoms. The highest BCUT2D eigenvalue weighted by Gasteiger charge is 2.13. The number of benzene rings is 3. The third-order valence-corrected chi connectivity index (χ3v) is 3.92. The molecule has 3 aromatic rings. The number of carbonyl (C=O) groups excluding carboxylic acids is 2. The molecule has 9 heteroatoms. The molecule has 0 fully saturated rings. The van der Waals surface area contributed by atoms with Crippen molar-refractivity contribution in [2.45, 2.75) is 0 Å². The van der Waals surface area contributed by atoms with Crippen molar-refractivity contribution in [3.05, 3.63) is 77.9 Å². The van der Waals surface area contributed by atoms with Crippen LogP contribution in [-0.2, 0) is 4.84 Å². The fourth-order valence-electron chi connectivity index (χ4n) is 2.43. The fraction of sp³-hybridized carbons (Fsp3) is 0.0476. The summed E-state index contributed by atoms with van der Waals surface area (Å²) in [7, 11) is 1.46. The van der Waals surface area contributed by atoms with Crippen LogP contribution in [0.1, 0.15) is 20.7 Å². The first-order chi connectivity index (χ1) is 14.5. The Bertz CT molecular complexity index is 1100. The van der Waals surface area contributed by atoms with Crippen LogP contribution in [0.15, 0.2) is 77.0 Å². The van der Waals surface area contributed by atoms with Gasteiger partial charge in [0.1, 0.15) is 22.8 Å². The minimum absolute atomic E-state index is 0.0851. The molecule has 0 radical (unpaired) electrons. The van der Waals surface area contributed by atoms with Crippen LogP contribution in [-0.4, -0.2) is 29.2 Å². The summed E-state index contributed by atoms with van der Waals surface area (Å²) in [5.74, 6) is -1.55. The second kappa shape index (κ2) is 9.20. The van der Waals surface area contributed by atoms with Gasteiger partial charge < -0.3 is 19.8 Å². The Labute approximate surface area is 171 Å². The van der Waals surface area contributed by atoms with Crippen molar-refractivity contribution in [3.63, 3.8) is 0 Å².